The van der Waals surface area contributed by atoms with E-state index in [-0.39, 0.29) is 6.04 Å². The molecule has 1 N–H and O–H groups in total. The average molecular weight is 340 g/mol. The number of ether oxygens (including phenoxy) is 1. The highest BCUT2D eigenvalue weighted by Gasteiger charge is 2.42. The van der Waals surface area contributed by atoms with E-state index in [1.807, 2.05) is 37.4 Å². The van der Waals surface area contributed by atoms with Gasteiger partial charge in [0.25, 0.3) is 0 Å². The number of piperidine rings is 3. The summed E-state index contributed by atoms with van der Waals surface area (Å²) in [7, 11) is 0. The molecule has 5 atom stereocenters. The van der Waals surface area contributed by atoms with E-state index in [2.05, 4.69) is 16.8 Å². The van der Waals surface area contributed by atoms with Crippen molar-refractivity contribution in [2.75, 3.05) is 19.7 Å². The SMILES string of the molecule is CCOc1ccc2nccc([C@@H](O)[C@H]3C[C@@H]4CCN3C[C@@H]4CC)c2c1. The van der Waals surface area contributed by atoms with Gasteiger partial charge in [0.05, 0.1) is 18.2 Å². The van der Waals surface area contributed by atoms with Crippen molar-refractivity contribution in [2.24, 2.45) is 11.8 Å². The number of nitrogens with zero attached hydrogens (tertiary/aromatic N) is 2. The predicted octanol–water partition coefficient (Wildman–Crippen LogP) is 3.79. The first-order valence-electron chi connectivity index (χ1n) is 9.64. The van der Waals surface area contributed by atoms with Gasteiger partial charge in [-0.1, -0.05) is 13.3 Å². The first-order chi connectivity index (χ1) is 12.2. The second-order valence-corrected chi connectivity index (χ2v) is 7.47. The second-order valence-electron chi connectivity index (χ2n) is 7.47. The number of benzene rings is 1. The smallest absolute Gasteiger partial charge is 0.120 e. The summed E-state index contributed by atoms with van der Waals surface area (Å²) in [6.07, 6.45) is 4.98. The van der Waals surface area contributed by atoms with E-state index >= 15 is 0 Å². The topological polar surface area (TPSA) is 45.6 Å². The summed E-state index contributed by atoms with van der Waals surface area (Å²) in [5, 5.41) is 12.2. The highest BCUT2D eigenvalue weighted by atomic mass is 16.5. The third-order valence-electron chi connectivity index (χ3n) is 6.20. The fourth-order valence-corrected chi connectivity index (χ4v) is 4.84. The van der Waals surface area contributed by atoms with Crippen LogP contribution in [0.25, 0.3) is 10.9 Å². The minimum Gasteiger partial charge on any atom is -0.494 e. The molecule has 0 saturated carbocycles. The van der Waals surface area contributed by atoms with Crippen molar-refractivity contribution in [3.05, 3.63) is 36.0 Å². The maximum absolute atomic E-state index is 11.2. The van der Waals surface area contributed by atoms with Crippen molar-refractivity contribution < 1.29 is 9.84 Å². The Bertz CT molecular complexity index is 748. The van der Waals surface area contributed by atoms with Gasteiger partial charge < -0.3 is 9.84 Å². The Balaban J connectivity index is 1.66. The third-order valence-corrected chi connectivity index (χ3v) is 6.20. The van der Waals surface area contributed by atoms with E-state index in [1.165, 1.54) is 12.8 Å². The van der Waals surface area contributed by atoms with Gasteiger partial charge in [-0.2, -0.15) is 0 Å². The number of aromatic nitrogens is 1. The summed E-state index contributed by atoms with van der Waals surface area (Å²) in [6.45, 7) is 7.18. The van der Waals surface area contributed by atoms with Gasteiger partial charge in [0.15, 0.2) is 0 Å². The molecule has 1 aromatic carbocycles. The molecule has 134 valence electrons. The Morgan fingerprint density at radius 2 is 2.20 bits per heavy atom. The summed E-state index contributed by atoms with van der Waals surface area (Å²) < 4.78 is 5.65. The van der Waals surface area contributed by atoms with E-state index in [0.717, 1.165) is 53.6 Å². The number of hydrogen-bond donors (Lipinski definition) is 1. The molecule has 2 bridgehead atoms. The van der Waals surface area contributed by atoms with E-state index < -0.39 is 6.10 Å². The number of hydrogen-bond acceptors (Lipinski definition) is 4. The van der Waals surface area contributed by atoms with Crippen LogP contribution in [0.4, 0.5) is 0 Å². The molecule has 0 radical (unpaired) electrons. The molecular weight excluding hydrogens is 312 g/mol. The Morgan fingerprint density at radius 1 is 1.32 bits per heavy atom. The molecule has 3 saturated heterocycles. The van der Waals surface area contributed by atoms with Crippen LogP contribution < -0.4 is 4.74 Å². The largest absolute Gasteiger partial charge is 0.494 e. The highest BCUT2D eigenvalue weighted by Crippen LogP contribution is 2.42. The van der Waals surface area contributed by atoms with Crippen molar-refractivity contribution in [3.8, 4) is 5.75 Å². The molecular formula is C21H28N2O2. The molecule has 0 amide bonds. The molecule has 1 unspecified atom stereocenters. The lowest BCUT2D eigenvalue weighted by molar-refractivity contribution is -0.0562. The Kier molecular flexibility index (Phi) is 4.65. The normalized spacial score (nSPS) is 29.7. The molecule has 0 spiro atoms. The summed E-state index contributed by atoms with van der Waals surface area (Å²) >= 11 is 0. The van der Waals surface area contributed by atoms with Gasteiger partial charge in [-0.3, -0.25) is 9.88 Å². The van der Waals surface area contributed by atoms with Crippen LogP contribution in [-0.4, -0.2) is 40.7 Å². The number of rotatable bonds is 5. The lowest BCUT2D eigenvalue weighted by Gasteiger charge is -2.51. The summed E-state index contributed by atoms with van der Waals surface area (Å²) in [4.78, 5) is 6.98. The molecule has 0 aliphatic carbocycles. The predicted molar refractivity (Wildman–Crippen MR) is 99.7 cm³/mol. The van der Waals surface area contributed by atoms with Crippen molar-refractivity contribution in [2.45, 2.75) is 45.3 Å². The van der Waals surface area contributed by atoms with Gasteiger partial charge in [0.2, 0.25) is 0 Å². The van der Waals surface area contributed by atoms with E-state index in [0.29, 0.717) is 6.61 Å². The first-order valence-corrected chi connectivity index (χ1v) is 9.64. The van der Waals surface area contributed by atoms with Crippen LogP contribution in [0.15, 0.2) is 30.5 Å². The van der Waals surface area contributed by atoms with Crippen LogP contribution in [0.3, 0.4) is 0 Å². The zero-order valence-electron chi connectivity index (χ0n) is 15.2. The Labute approximate surface area is 149 Å². The number of fused-ring (bicyclic) bond motifs is 4. The van der Waals surface area contributed by atoms with E-state index in [4.69, 9.17) is 4.74 Å². The van der Waals surface area contributed by atoms with Crippen LogP contribution in [0, 0.1) is 11.8 Å². The molecule has 4 nitrogen and oxygen atoms in total. The maximum atomic E-state index is 11.2. The molecule has 2 aromatic rings. The summed E-state index contributed by atoms with van der Waals surface area (Å²) in [6, 6.07) is 8.16. The molecule has 5 rings (SSSR count). The van der Waals surface area contributed by atoms with Crippen molar-refractivity contribution in [1.29, 1.82) is 0 Å². The summed E-state index contributed by atoms with van der Waals surface area (Å²) in [5.74, 6) is 2.41. The quantitative estimate of drug-likeness (QED) is 0.899. The minimum atomic E-state index is -0.469. The van der Waals surface area contributed by atoms with Gasteiger partial charge in [-0.25, -0.2) is 0 Å². The van der Waals surface area contributed by atoms with Crippen LogP contribution in [0.1, 0.15) is 44.8 Å². The number of aliphatic hydroxyl groups excluding tert-OH is 1. The van der Waals surface area contributed by atoms with Gasteiger partial charge in [0.1, 0.15) is 5.75 Å². The minimum absolute atomic E-state index is 0.225. The highest BCUT2D eigenvalue weighted by molar-refractivity contribution is 5.83. The lowest BCUT2D eigenvalue weighted by atomic mass is 9.72. The molecule has 3 aliphatic rings. The first kappa shape index (κ1) is 16.8. The molecule has 4 heteroatoms. The molecule has 3 aliphatic heterocycles. The van der Waals surface area contributed by atoms with Crippen molar-refractivity contribution in [1.82, 2.24) is 9.88 Å². The van der Waals surface area contributed by atoms with Crippen LogP contribution in [-0.2, 0) is 0 Å². The van der Waals surface area contributed by atoms with Gasteiger partial charge in [0, 0.05) is 24.2 Å². The monoisotopic (exact) mass is 340 g/mol. The fourth-order valence-electron chi connectivity index (χ4n) is 4.84. The Hall–Kier alpha value is -1.65. The Morgan fingerprint density at radius 3 is 2.92 bits per heavy atom. The van der Waals surface area contributed by atoms with E-state index in [9.17, 15) is 5.11 Å². The van der Waals surface area contributed by atoms with Gasteiger partial charge in [-0.15, -0.1) is 0 Å². The fraction of sp³-hybridized carbons (Fsp3) is 0.571. The molecule has 1 aromatic heterocycles. The van der Waals surface area contributed by atoms with Crippen LogP contribution in [0.2, 0.25) is 0 Å². The number of aliphatic hydroxyl groups is 1. The molecule has 3 fully saturated rings. The van der Waals surface area contributed by atoms with Crippen LogP contribution in [0.5, 0.6) is 5.75 Å². The standard InChI is InChI=1S/C21H28N2O2/c1-3-14-13-23-10-8-15(14)11-20(23)21(24)17-7-9-22-19-6-5-16(25-4-2)12-18(17)19/h5-7,9,12,14-15,20-21,24H,3-4,8,10-11,13H2,1-2H3/t14-,15-,20+,21+/m0/s1. The summed E-state index contributed by atoms with van der Waals surface area (Å²) in [5.41, 5.74) is 1.90. The lowest BCUT2D eigenvalue weighted by Crippen LogP contribution is -2.55. The molecule has 4 heterocycles. The van der Waals surface area contributed by atoms with Gasteiger partial charge >= 0.3 is 0 Å². The third kappa shape index (κ3) is 3.02. The maximum Gasteiger partial charge on any atom is 0.120 e. The average Bonchev–Trinajstić information content (AvgIpc) is 2.67. The molecule has 25 heavy (non-hydrogen) atoms. The number of pyridine rings is 1. The van der Waals surface area contributed by atoms with E-state index in [1.54, 1.807) is 0 Å². The van der Waals surface area contributed by atoms with Crippen molar-refractivity contribution >= 4 is 10.9 Å². The van der Waals surface area contributed by atoms with Crippen LogP contribution >= 0.6 is 0 Å². The second kappa shape index (κ2) is 6.93. The van der Waals surface area contributed by atoms with Gasteiger partial charge in [-0.05, 0) is 68.0 Å². The zero-order chi connectivity index (χ0) is 17.4. The van der Waals surface area contributed by atoms with Crippen molar-refractivity contribution in [3.63, 3.8) is 0 Å². The zero-order valence-corrected chi connectivity index (χ0v) is 15.2.